The predicted molar refractivity (Wildman–Crippen MR) is 160 cm³/mol. The Kier molecular flexibility index (Phi) is 7.64. The molecule has 2 heteroatoms. The van der Waals surface area contributed by atoms with Gasteiger partial charge in [0.15, 0.2) is 0 Å². The molecular weight excluding hydrogens is 467 g/mol. The van der Waals surface area contributed by atoms with Crippen molar-refractivity contribution in [1.29, 1.82) is 0 Å². The molecule has 0 unspecified atom stereocenters. The highest BCUT2D eigenvalue weighted by Gasteiger charge is 2.43. The van der Waals surface area contributed by atoms with Crippen molar-refractivity contribution in [3.63, 3.8) is 0 Å². The van der Waals surface area contributed by atoms with E-state index in [4.69, 9.17) is 4.74 Å². The molecule has 0 amide bonds. The number of hydrogen-bond acceptors (Lipinski definition) is 1. The van der Waals surface area contributed by atoms with Gasteiger partial charge in [0.05, 0.1) is 0 Å². The highest BCUT2D eigenvalue weighted by molar-refractivity contribution is 7.98. The van der Waals surface area contributed by atoms with Crippen LogP contribution in [0.4, 0.5) is 0 Å². The van der Waals surface area contributed by atoms with Gasteiger partial charge in [-0.2, -0.15) is 0 Å². The standard InChI is InChI=1S/C35H32OP/c1-28-18-22-30(23-19-28)35(31-24-20-29(2)21-25-31)36-26-27-37(32-12-6-3-7-13-32,33-14-8-4-9-15-33)34-16-10-5-11-17-34/h3-27,35H,1-2H3/q+1/b27-26-. The zero-order valence-electron chi connectivity index (χ0n) is 21.4. The Morgan fingerprint density at radius 3 is 1.19 bits per heavy atom. The number of ether oxygens (including phenoxy) is 1. The van der Waals surface area contributed by atoms with Gasteiger partial charge in [0.2, 0.25) is 0 Å². The van der Waals surface area contributed by atoms with Gasteiger partial charge in [-0.1, -0.05) is 114 Å². The molecule has 5 aromatic carbocycles. The van der Waals surface area contributed by atoms with Gasteiger partial charge in [0, 0.05) is 0 Å². The van der Waals surface area contributed by atoms with Crippen LogP contribution < -0.4 is 15.9 Å². The van der Waals surface area contributed by atoms with E-state index in [0.29, 0.717) is 0 Å². The molecule has 0 radical (unpaired) electrons. The minimum Gasteiger partial charge on any atom is -0.485 e. The summed E-state index contributed by atoms with van der Waals surface area (Å²) < 4.78 is 6.66. The van der Waals surface area contributed by atoms with Gasteiger partial charge < -0.3 is 4.74 Å². The van der Waals surface area contributed by atoms with Gasteiger partial charge in [0.1, 0.15) is 41.4 Å². The molecule has 0 heterocycles. The molecule has 0 atom stereocenters. The fourth-order valence-corrected chi connectivity index (χ4v) is 8.32. The normalized spacial score (nSPS) is 11.6. The van der Waals surface area contributed by atoms with Gasteiger partial charge in [0.25, 0.3) is 0 Å². The third-order valence-electron chi connectivity index (χ3n) is 6.75. The van der Waals surface area contributed by atoms with Crippen molar-refractivity contribution >= 4 is 23.2 Å². The quantitative estimate of drug-likeness (QED) is 0.156. The van der Waals surface area contributed by atoms with Crippen LogP contribution in [0.5, 0.6) is 0 Å². The van der Waals surface area contributed by atoms with Crippen molar-refractivity contribution in [2.24, 2.45) is 0 Å². The summed E-state index contributed by atoms with van der Waals surface area (Å²) in [5.74, 6) is 2.32. The minimum atomic E-state index is -2.11. The second-order valence-corrected chi connectivity index (χ2v) is 12.6. The molecule has 0 aromatic heterocycles. The molecule has 1 nitrogen and oxygen atoms in total. The zero-order valence-corrected chi connectivity index (χ0v) is 22.3. The maximum atomic E-state index is 6.66. The summed E-state index contributed by atoms with van der Waals surface area (Å²) in [6.45, 7) is 4.23. The number of hydrogen-bond donors (Lipinski definition) is 0. The molecule has 0 aliphatic rings. The van der Waals surface area contributed by atoms with Gasteiger partial charge in [-0.3, -0.25) is 0 Å². The van der Waals surface area contributed by atoms with Gasteiger partial charge >= 0.3 is 0 Å². The first-order chi connectivity index (χ1) is 18.2. The molecule has 0 saturated heterocycles. The average molecular weight is 500 g/mol. The highest BCUT2D eigenvalue weighted by Crippen LogP contribution is 2.57. The summed E-state index contributed by atoms with van der Waals surface area (Å²) in [5.41, 5.74) is 4.76. The Hall–Kier alpha value is -3.93. The lowest BCUT2D eigenvalue weighted by Crippen LogP contribution is -2.29. The lowest BCUT2D eigenvalue weighted by Gasteiger charge is -2.24. The summed E-state index contributed by atoms with van der Waals surface area (Å²) in [4.78, 5) is 0. The van der Waals surface area contributed by atoms with Crippen LogP contribution >= 0.6 is 7.26 Å². The largest absolute Gasteiger partial charge is 0.485 e. The topological polar surface area (TPSA) is 9.23 Å². The van der Waals surface area contributed by atoms with Gasteiger partial charge in [-0.05, 0) is 61.4 Å². The Balaban J connectivity index is 1.62. The van der Waals surface area contributed by atoms with E-state index in [2.05, 4.69) is 159 Å². The Morgan fingerprint density at radius 1 is 0.486 bits per heavy atom. The minimum absolute atomic E-state index is 0.193. The summed E-state index contributed by atoms with van der Waals surface area (Å²) >= 11 is 0. The lowest BCUT2D eigenvalue weighted by molar-refractivity contribution is 0.183. The second kappa shape index (κ2) is 11.4. The van der Waals surface area contributed by atoms with Crippen LogP contribution in [0, 0.1) is 13.8 Å². The molecule has 0 fully saturated rings. The van der Waals surface area contributed by atoms with E-state index in [1.807, 2.05) is 6.26 Å². The molecule has 0 saturated carbocycles. The van der Waals surface area contributed by atoms with Crippen LogP contribution in [0.2, 0.25) is 0 Å². The fourth-order valence-electron chi connectivity index (χ4n) is 4.73. The van der Waals surface area contributed by atoms with E-state index in [9.17, 15) is 0 Å². The average Bonchev–Trinajstić information content (AvgIpc) is 2.96. The smallest absolute Gasteiger partial charge is 0.148 e. The molecule has 0 spiro atoms. The van der Waals surface area contributed by atoms with E-state index >= 15 is 0 Å². The third kappa shape index (κ3) is 5.43. The van der Waals surface area contributed by atoms with E-state index in [-0.39, 0.29) is 6.10 Å². The van der Waals surface area contributed by atoms with E-state index < -0.39 is 7.26 Å². The summed E-state index contributed by atoms with van der Waals surface area (Å²) in [5, 5.41) is 3.90. The molecule has 5 aromatic rings. The van der Waals surface area contributed by atoms with Crippen LogP contribution in [0.1, 0.15) is 28.4 Å². The molecule has 0 N–H and O–H groups in total. The molecule has 0 aliphatic carbocycles. The number of rotatable bonds is 8. The third-order valence-corrected chi connectivity index (χ3v) is 10.7. The van der Waals surface area contributed by atoms with Crippen molar-refractivity contribution in [2.45, 2.75) is 20.0 Å². The van der Waals surface area contributed by atoms with Crippen molar-refractivity contribution in [1.82, 2.24) is 0 Å². The van der Waals surface area contributed by atoms with E-state index in [1.54, 1.807) is 0 Å². The highest BCUT2D eigenvalue weighted by atomic mass is 31.2. The van der Waals surface area contributed by atoms with Gasteiger partial charge in [-0.15, -0.1) is 0 Å². The number of benzene rings is 5. The maximum absolute atomic E-state index is 6.66. The maximum Gasteiger partial charge on any atom is 0.148 e. The molecule has 37 heavy (non-hydrogen) atoms. The molecule has 182 valence electrons. The molecule has 5 rings (SSSR count). The van der Waals surface area contributed by atoms with E-state index in [0.717, 1.165) is 11.1 Å². The predicted octanol–water partition coefficient (Wildman–Crippen LogP) is 7.87. The number of aryl methyl sites for hydroxylation is 2. The van der Waals surface area contributed by atoms with Gasteiger partial charge in [-0.25, -0.2) is 0 Å². The summed E-state index contributed by atoms with van der Waals surface area (Å²) in [6, 6.07) is 49.8. The summed E-state index contributed by atoms with van der Waals surface area (Å²) in [6.07, 6.45) is 1.76. The summed E-state index contributed by atoms with van der Waals surface area (Å²) in [7, 11) is -2.11. The van der Waals surface area contributed by atoms with Crippen molar-refractivity contribution in [3.05, 3.63) is 174 Å². The van der Waals surface area contributed by atoms with Crippen LogP contribution in [0.3, 0.4) is 0 Å². The van der Waals surface area contributed by atoms with Crippen molar-refractivity contribution in [2.75, 3.05) is 0 Å². The SMILES string of the molecule is Cc1ccc(C(O/C=C\[P+](c2ccccc2)(c2ccccc2)c2ccccc2)c2ccc(C)cc2)cc1. The molecule has 0 bridgehead atoms. The Morgan fingerprint density at radius 2 is 0.838 bits per heavy atom. The first-order valence-corrected chi connectivity index (χ1v) is 14.5. The monoisotopic (exact) mass is 499 g/mol. The molecular formula is C35H32OP+. The Bertz CT molecular complexity index is 1280. The van der Waals surface area contributed by atoms with Crippen molar-refractivity contribution < 1.29 is 4.74 Å². The van der Waals surface area contributed by atoms with Crippen molar-refractivity contribution in [3.8, 4) is 0 Å². The first-order valence-electron chi connectivity index (χ1n) is 12.7. The second-order valence-electron chi connectivity index (χ2n) is 9.35. The van der Waals surface area contributed by atoms with Crippen LogP contribution in [-0.4, -0.2) is 0 Å². The lowest BCUT2D eigenvalue weighted by atomic mass is 9.99. The molecule has 0 aliphatic heterocycles. The zero-order chi connectivity index (χ0) is 25.5. The van der Waals surface area contributed by atoms with Crippen LogP contribution in [0.15, 0.2) is 152 Å². The van der Waals surface area contributed by atoms with E-state index in [1.165, 1.54) is 27.0 Å². The van der Waals surface area contributed by atoms with Crippen LogP contribution in [-0.2, 0) is 4.74 Å². The Labute approximate surface area is 221 Å². The first kappa shape index (κ1) is 24.8. The fraction of sp³-hybridized carbons (Fsp3) is 0.0857. The van der Waals surface area contributed by atoms with Crippen LogP contribution in [0.25, 0.3) is 0 Å².